The van der Waals surface area contributed by atoms with Crippen LogP contribution in [-0.2, 0) is 10.5 Å². The number of aliphatic imine (C=N–C) groups is 1. The van der Waals surface area contributed by atoms with E-state index in [-0.39, 0.29) is 6.10 Å². The number of aliphatic hydroxyl groups is 1. The van der Waals surface area contributed by atoms with Gasteiger partial charge in [0.15, 0.2) is 5.84 Å². The number of hydrogen-bond acceptors (Lipinski definition) is 7. The monoisotopic (exact) mass is 396 g/mol. The number of aromatic nitrogens is 1. The predicted molar refractivity (Wildman–Crippen MR) is 113 cm³/mol. The molecule has 0 spiro atoms. The Balaban J connectivity index is 1.43. The molecule has 5 N–H and O–H groups in total. The van der Waals surface area contributed by atoms with Gasteiger partial charge in [0.2, 0.25) is 5.79 Å². The Morgan fingerprint density at radius 2 is 1.76 bits per heavy atom. The van der Waals surface area contributed by atoms with Gasteiger partial charge in [-0.15, -0.1) is 0 Å². The molecule has 154 valence electrons. The number of nitrogens with zero attached hydrogens (tertiary/aromatic N) is 3. The van der Waals surface area contributed by atoms with Gasteiger partial charge in [-0.3, -0.25) is 5.73 Å². The second kappa shape index (κ2) is 7.37. The molecule has 2 saturated heterocycles. The first kappa shape index (κ1) is 18.5. The number of fused-ring (bicyclic) bond motifs is 1. The Morgan fingerprint density at radius 3 is 2.48 bits per heavy atom. The number of piperidine rings is 1. The van der Waals surface area contributed by atoms with Crippen LogP contribution in [0.3, 0.4) is 0 Å². The molecule has 29 heavy (non-hydrogen) atoms. The molecule has 0 radical (unpaired) electrons. The van der Waals surface area contributed by atoms with E-state index in [0.717, 1.165) is 67.5 Å². The van der Waals surface area contributed by atoms with Crippen LogP contribution in [0.2, 0.25) is 0 Å². The third kappa shape index (κ3) is 3.48. The van der Waals surface area contributed by atoms with E-state index in [1.807, 2.05) is 24.4 Å². The number of H-pyrrole nitrogens is 1. The zero-order chi connectivity index (χ0) is 19.8. The minimum Gasteiger partial charge on any atom is -0.393 e. The molecule has 2 fully saturated rings. The zero-order valence-electron chi connectivity index (χ0n) is 16.5. The highest BCUT2D eigenvalue weighted by Crippen LogP contribution is 2.33. The van der Waals surface area contributed by atoms with Gasteiger partial charge >= 0.3 is 0 Å². The van der Waals surface area contributed by atoms with Gasteiger partial charge in [0, 0.05) is 43.6 Å². The molecule has 3 aliphatic heterocycles. The molecule has 0 saturated carbocycles. The molecule has 1 aromatic carbocycles. The molecule has 8 heteroatoms. The van der Waals surface area contributed by atoms with Crippen LogP contribution in [0.5, 0.6) is 0 Å². The Hall–Kier alpha value is -2.55. The van der Waals surface area contributed by atoms with E-state index in [1.165, 1.54) is 0 Å². The first-order valence-corrected chi connectivity index (χ1v) is 10.3. The first-order chi connectivity index (χ1) is 14.1. The van der Waals surface area contributed by atoms with Crippen LogP contribution in [0, 0.1) is 0 Å². The SMILES string of the molecule is NC1(c2ccc(N3CCC(O)CC3)cc2)N=C(N2CCOCC2)c2[nH]ccc2N1. The molecule has 1 aromatic heterocycles. The maximum absolute atomic E-state index is 9.74. The summed E-state index contributed by atoms with van der Waals surface area (Å²) < 4.78 is 5.50. The van der Waals surface area contributed by atoms with Gasteiger partial charge in [0.05, 0.1) is 25.0 Å². The number of nitrogens with one attached hydrogen (secondary N) is 2. The Bertz CT molecular complexity index is 881. The van der Waals surface area contributed by atoms with E-state index in [4.69, 9.17) is 15.5 Å². The summed E-state index contributed by atoms with van der Waals surface area (Å²) in [5, 5.41) is 13.1. The molecule has 3 aliphatic rings. The minimum absolute atomic E-state index is 0.173. The highest BCUT2D eigenvalue weighted by molar-refractivity contribution is 6.03. The topological polar surface area (TPSA) is 102 Å². The van der Waals surface area contributed by atoms with Crippen LogP contribution in [-0.4, -0.2) is 66.3 Å². The van der Waals surface area contributed by atoms with Gasteiger partial charge in [0.25, 0.3) is 0 Å². The highest BCUT2D eigenvalue weighted by Gasteiger charge is 2.36. The molecule has 0 aliphatic carbocycles. The fraction of sp³-hybridized carbons (Fsp3) is 0.476. The molecule has 0 bridgehead atoms. The van der Waals surface area contributed by atoms with E-state index in [1.54, 1.807) is 0 Å². The van der Waals surface area contributed by atoms with E-state index in [2.05, 4.69) is 32.2 Å². The molecule has 4 heterocycles. The van der Waals surface area contributed by atoms with Gasteiger partial charge in [-0.05, 0) is 31.0 Å². The van der Waals surface area contributed by atoms with Crippen molar-refractivity contribution < 1.29 is 9.84 Å². The maximum Gasteiger partial charge on any atom is 0.211 e. The second-order valence-corrected chi connectivity index (χ2v) is 7.96. The van der Waals surface area contributed by atoms with Crippen molar-refractivity contribution in [3.8, 4) is 0 Å². The number of rotatable bonds is 2. The third-order valence-corrected chi connectivity index (χ3v) is 6.03. The Kier molecular flexibility index (Phi) is 4.69. The molecular weight excluding hydrogens is 368 g/mol. The summed E-state index contributed by atoms with van der Waals surface area (Å²) in [5.74, 6) is -0.150. The van der Waals surface area contributed by atoms with Gasteiger partial charge in [-0.2, -0.15) is 0 Å². The van der Waals surface area contributed by atoms with E-state index in [9.17, 15) is 5.11 Å². The smallest absolute Gasteiger partial charge is 0.211 e. The highest BCUT2D eigenvalue weighted by atomic mass is 16.5. The minimum atomic E-state index is -1.03. The fourth-order valence-corrected chi connectivity index (χ4v) is 4.31. The second-order valence-electron chi connectivity index (χ2n) is 7.96. The first-order valence-electron chi connectivity index (χ1n) is 10.3. The normalized spacial score (nSPS) is 25.4. The maximum atomic E-state index is 9.74. The number of aromatic amines is 1. The number of aliphatic hydroxyl groups excluding tert-OH is 1. The number of nitrogens with two attached hydrogens (primary N) is 1. The van der Waals surface area contributed by atoms with Gasteiger partial charge in [-0.25, -0.2) is 4.99 Å². The number of hydrogen-bond donors (Lipinski definition) is 4. The Labute approximate surface area is 170 Å². The average molecular weight is 396 g/mol. The number of anilines is 2. The predicted octanol–water partition coefficient (Wildman–Crippen LogP) is 1.25. The molecule has 1 atom stereocenters. The summed E-state index contributed by atoms with van der Waals surface area (Å²) in [7, 11) is 0. The van der Waals surface area contributed by atoms with Crippen LogP contribution in [0.1, 0.15) is 24.1 Å². The number of morpholine rings is 1. The van der Waals surface area contributed by atoms with Gasteiger partial charge in [-0.1, -0.05) is 12.1 Å². The molecule has 1 unspecified atom stereocenters. The van der Waals surface area contributed by atoms with Crippen molar-refractivity contribution in [2.45, 2.75) is 24.7 Å². The van der Waals surface area contributed by atoms with Gasteiger partial charge < -0.3 is 29.9 Å². The molecule has 0 amide bonds. The standard InChI is InChI=1S/C21H28N6O2/c22-21(15-1-3-16(4-2-15)26-9-6-17(28)7-10-26)24-18-5-8-23-19(18)20(25-21)27-11-13-29-14-12-27/h1-5,8,17,23-24,28H,6-7,9-14,22H2. The van der Waals surface area contributed by atoms with Crippen molar-refractivity contribution in [2.24, 2.45) is 10.7 Å². The molecule has 8 nitrogen and oxygen atoms in total. The average Bonchev–Trinajstić information content (AvgIpc) is 3.22. The third-order valence-electron chi connectivity index (χ3n) is 6.03. The summed E-state index contributed by atoms with van der Waals surface area (Å²) in [6.45, 7) is 4.73. The van der Waals surface area contributed by atoms with E-state index < -0.39 is 5.79 Å². The van der Waals surface area contributed by atoms with Crippen molar-refractivity contribution in [1.82, 2.24) is 9.88 Å². The Morgan fingerprint density at radius 1 is 1.03 bits per heavy atom. The van der Waals surface area contributed by atoms with Crippen molar-refractivity contribution in [3.05, 3.63) is 47.8 Å². The van der Waals surface area contributed by atoms with Crippen molar-refractivity contribution in [3.63, 3.8) is 0 Å². The summed E-state index contributed by atoms with van der Waals surface area (Å²) in [5.41, 5.74) is 10.8. The summed E-state index contributed by atoms with van der Waals surface area (Å²) in [6, 6.07) is 10.3. The van der Waals surface area contributed by atoms with E-state index >= 15 is 0 Å². The van der Waals surface area contributed by atoms with Crippen LogP contribution in [0.4, 0.5) is 11.4 Å². The van der Waals surface area contributed by atoms with Crippen molar-refractivity contribution >= 4 is 17.2 Å². The van der Waals surface area contributed by atoms with Crippen LogP contribution in [0.25, 0.3) is 0 Å². The summed E-state index contributed by atoms with van der Waals surface area (Å²) in [6.07, 6.45) is 3.36. The lowest BCUT2D eigenvalue weighted by Crippen LogP contribution is -2.50. The molecule has 5 rings (SSSR count). The lowest BCUT2D eigenvalue weighted by Gasteiger charge is -2.38. The summed E-state index contributed by atoms with van der Waals surface area (Å²) >= 11 is 0. The van der Waals surface area contributed by atoms with Crippen LogP contribution in [0.15, 0.2) is 41.5 Å². The number of benzene rings is 1. The number of ether oxygens (including phenoxy) is 1. The quantitative estimate of drug-likeness (QED) is 0.609. The van der Waals surface area contributed by atoms with Crippen molar-refractivity contribution in [2.75, 3.05) is 49.6 Å². The van der Waals surface area contributed by atoms with Crippen LogP contribution >= 0.6 is 0 Å². The van der Waals surface area contributed by atoms with Crippen molar-refractivity contribution in [1.29, 1.82) is 0 Å². The lowest BCUT2D eigenvalue weighted by molar-refractivity contribution is 0.0677. The number of amidine groups is 1. The fourth-order valence-electron chi connectivity index (χ4n) is 4.31. The molecular formula is C21H28N6O2. The van der Waals surface area contributed by atoms with Gasteiger partial charge in [0.1, 0.15) is 5.69 Å². The summed E-state index contributed by atoms with van der Waals surface area (Å²) in [4.78, 5) is 12.8. The molecule has 2 aromatic rings. The zero-order valence-corrected chi connectivity index (χ0v) is 16.5. The van der Waals surface area contributed by atoms with E-state index in [0.29, 0.717) is 13.2 Å². The van der Waals surface area contributed by atoms with Crippen LogP contribution < -0.4 is 16.0 Å². The lowest BCUT2D eigenvalue weighted by atomic mass is 10.0. The largest absolute Gasteiger partial charge is 0.393 e.